The van der Waals surface area contributed by atoms with Crippen molar-refractivity contribution < 1.29 is 9.53 Å². The molecule has 2 rings (SSSR count). The zero-order valence-electron chi connectivity index (χ0n) is 13.1. The fraction of sp³-hybridized carbons (Fsp3) is 0.294. The number of aromatic nitrogens is 1. The van der Waals surface area contributed by atoms with E-state index in [0.717, 1.165) is 17.9 Å². The molecule has 1 amide bonds. The van der Waals surface area contributed by atoms with Gasteiger partial charge >= 0.3 is 0 Å². The summed E-state index contributed by atoms with van der Waals surface area (Å²) in [5.74, 6) is 0.511. The van der Waals surface area contributed by atoms with Crippen LogP contribution in [0.2, 0.25) is 0 Å². The summed E-state index contributed by atoms with van der Waals surface area (Å²) in [6, 6.07) is 11.1. The van der Waals surface area contributed by atoms with E-state index in [1.54, 1.807) is 43.6 Å². The van der Waals surface area contributed by atoms with E-state index in [9.17, 15) is 4.79 Å². The summed E-state index contributed by atoms with van der Waals surface area (Å²) in [5.41, 5.74) is 2.00. The van der Waals surface area contributed by atoms with Gasteiger partial charge in [0, 0.05) is 11.7 Å². The predicted molar refractivity (Wildman–Crippen MR) is 88.6 cm³/mol. The Morgan fingerprint density at radius 3 is 2.41 bits per heavy atom. The number of amides is 1. The van der Waals surface area contributed by atoms with Crippen LogP contribution in [0.4, 0.5) is 11.4 Å². The molecule has 2 aromatic rings. The quantitative estimate of drug-likeness (QED) is 0.856. The van der Waals surface area contributed by atoms with E-state index in [0.29, 0.717) is 17.4 Å². The second-order valence-corrected chi connectivity index (χ2v) is 5.07. The Kier molecular flexibility index (Phi) is 5.36. The maximum absolute atomic E-state index is 12.1. The van der Waals surface area contributed by atoms with Crippen molar-refractivity contribution in [3.63, 3.8) is 0 Å². The molecule has 0 aliphatic carbocycles. The number of methoxy groups -OCH3 is 1. The molecule has 5 nitrogen and oxygen atoms in total. The molecule has 0 fully saturated rings. The smallest absolute Gasteiger partial charge is 0.274 e. The first-order chi connectivity index (χ1) is 10.6. The summed E-state index contributed by atoms with van der Waals surface area (Å²) < 4.78 is 5.08. The zero-order chi connectivity index (χ0) is 15.9. The molecule has 0 aliphatic heterocycles. The highest BCUT2D eigenvalue weighted by Crippen LogP contribution is 2.16. The van der Waals surface area contributed by atoms with Crippen molar-refractivity contribution >= 4 is 17.3 Å². The molecule has 0 saturated carbocycles. The summed E-state index contributed by atoms with van der Waals surface area (Å²) >= 11 is 0. The number of carbonyl (C=O) groups is 1. The lowest BCUT2D eigenvalue weighted by atomic mass is 10.2. The van der Waals surface area contributed by atoms with Gasteiger partial charge in [-0.2, -0.15) is 0 Å². The second kappa shape index (κ2) is 7.45. The molecule has 2 N–H and O–H groups in total. The van der Waals surface area contributed by atoms with Crippen molar-refractivity contribution in [2.75, 3.05) is 17.7 Å². The third kappa shape index (κ3) is 4.22. The normalized spacial score (nSPS) is 11.6. The molecule has 1 atom stereocenters. The Morgan fingerprint density at radius 2 is 1.86 bits per heavy atom. The minimum atomic E-state index is -0.236. The Bertz CT molecular complexity index is 609. The molecule has 1 heterocycles. The van der Waals surface area contributed by atoms with Crippen LogP contribution < -0.4 is 15.4 Å². The van der Waals surface area contributed by atoms with Gasteiger partial charge in [-0.25, -0.2) is 4.98 Å². The first-order valence-electron chi connectivity index (χ1n) is 7.30. The summed E-state index contributed by atoms with van der Waals surface area (Å²) in [6.07, 6.45) is 2.70. The molecule has 0 radical (unpaired) electrons. The fourth-order valence-electron chi connectivity index (χ4n) is 1.87. The monoisotopic (exact) mass is 299 g/mol. The van der Waals surface area contributed by atoms with Gasteiger partial charge in [0.25, 0.3) is 5.91 Å². The first kappa shape index (κ1) is 15.8. The van der Waals surface area contributed by atoms with Gasteiger partial charge in [-0.1, -0.05) is 6.92 Å². The third-order valence-electron chi connectivity index (χ3n) is 3.37. The van der Waals surface area contributed by atoms with E-state index in [1.165, 1.54) is 0 Å². The topological polar surface area (TPSA) is 63.2 Å². The minimum Gasteiger partial charge on any atom is -0.497 e. The van der Waals surface area contributed by atoms with Crippen LogP contribution >= 0.6 is 0 Å². The van der Waals surface area contributed by atoms with Crippen molar-refractivity contribution in [1.82, 2.24) is 4.98 Å². The van der Waals surface area contributed by atoms with Crippen molar-refractivity contribution in [1.29, 1.82) is 0 Å². The standard InChI is InChI=1S/C17H21N3O2/c1-4-12(2)19-14-7-10-16(18-11-14)17(21)20-13-5-8-15(22-3)9-6-13/h5-12,19H,4H2,1-3H3,(H,20,21). The number of nitrogens with zero attached hydrogens (tertiary/aromatic N) is 1. The number of pyridine rings is 1. The van der Waals surface area contributed by atoms with Crippen LogP contribution in [-0.2, 0) is 0 Å². The number of anilines is 2. The summed E-state index contributed by atoms with van der Waals surface area (Å²) in [5, 5.41) is 6.12. The minimum absolute atomic E-state index is 0.236. The van der Waals surface area contributed by atoms with Crippen LogP contribution in [0.5, 0.6) is 5.75 Å². The number of hydrogen-bond donors (Lipinski definition) is 2. The predicted octanol–water partition coefficient (Wildman–Crippen LogP) is 3.55. The molecule has 116 valence electrons. The van der Waals surface area contributed by atoms with Gasteiger partial charge in [0.1, 0.15) is 11.4 Å². The number of carbonyl (C=O) groups excluding carboxylic acids is 1. The fourth-order valence-corrected chi connectivity index (χ4v) is 1.87. The Hall–Kier alpha value is -2.56. The van der Waals surface area contributed by atoms with Crippen LogP contribution in [-0.4, -0.2) is 24.0 Å². The van der Waals surface area contributed by atoms with Crippen LogP contribution in [0.15, 0.2) is 42.6 Å². The molecule has 1 aromatic carbocycles. The van der Waals surface area contributed by atoms with Gasteiger partial charge in [-0.3, -0.25) is 4.79 Å². The molecule has 1 unspecified atom stereocenters. The number of hydrogen-bond acceptors (Lipinski definition) is 4. The SMILES string of the molecule is CCC(C)Nc1ccc(C(=O)Nc2ccc(OC)cc2)nc1. The lowest BCUT2D eigenvalue weighted by molar-refractivity contribution is 0.102. The third-order valence-corrected chi connectivity index (χ3v) is 3.37. The van der Waals surface area contributed by atoms with Crippen molar-refractivity contribution in [3.8, 4) is 5.75 Å². The lowest BCUT2D eigenvalue weighted by Gasteiger charge is -2.12. The highest BCUT2D eigenvalue weighted by Gasteiger charge is 2.08. The summed E-state index contributed by atoms with van der Waals surface area (Å²) in [4.78, 5) is 16.3. The highest BCUT2D eigenvalue weighted by molar-refractivity contribution is 6.02. The zero-order valence-corrected chi connectivity index (χ0v) is 13.1. The average Bonchev–Trinajstić information content (AvgIpc) is 2.56. The van der Waals surface area contributed by atoms with E-state index in [2.05, 4.69) is 29.5 Å². The highest BCUT2D eigenvalue weighted by atomic mass is 16.5. The summed E-state index contributed by atoms with van der Waals surface area (Å²) in [6.45, 7) is 4.21. The van der Waals surface area contributed by atoms with Gasteiger partial charge in [0.05, 0.1) is 19.0 Å². The van der Waals surface area contributed by atoms with Crippen molar-refractivity contribution in [2.45, 2.75) is 26.3 Å². The lowest BCUT2D eigenvalue weighted by Crippen LogP contribution is -2.16. The van der Waals surface area contributed by atoms with Crippen LogP contribution in [0, 0.1) is 0 Å². The maximum atomic E-state index is 12.1. The maximum Gasteiger partial charge on any atom is 0.274 e. The van der Waals surface area contributed by atoms with Crippen LogP contribution in [0.3, 0.4) is 0 Å². The molecule has 0 bridgehead atoms. The Balaban J connectivity index is 1.99. The molecule has 0 spiro atoms. The molecule has 22 heavy (non-hydrogen) atoms. The van der Waals surface area contributed by atoms with E-state index in [1.807, 2.05) is 6.07 Å². The van der Waals surface area contributed by atoms with Gasteiger partial charge in [0.15, 0.2) is 0 Å². The van der Waals surface area contributed by atoms with Crippen molar-refractivity contribution in [2.24, 2.45) is 0 Å². The van der Waals surface area contributed by atoms with Crippen LogP contribution in [0.1, 0.15) is 30.8 Å². The molecular weight excluding hydrogens is 278 g/mol. The van der Waals surface area contributed by atoms with Gasteiger partial charge < -0.3 is 15.4 Å². The number of ether oxygens (including phenoxy) is 1. The number of nitrogens with one attached hydrogen (secondary N) is 2. The van der Waals surface area contributed by atoms with E-state index >= 15 is 0 Å². The molecule has 1 aromatic heterocycles. The Labute approximate surface area is 130 Å². The van der Waals surface area contributed by atoms with E-state index < -0.39 is 0 Å². The number of rotatable bonds is 6. The van der Waals surface area contributed by atoms with Crippen molar-refractivity contribution in [3.05, 3.63) is 48.3 Å². The first-order valence-corrected chi connectivity index (χ1v) is 7.30. The largest absolute Gasteiger partial charge is 0.497 e. The molecule has 0 saturated heterocycles. The molecular formula is C17H21N3O2. The molecule has 0 aliphatic rings. The molecule has 5 heteroatoms. The van der Waals surface area contributed by atoms with Gasteiger partial charge in [-0.15, -0.1) is 0 Å². The second-order valence-electron chi connectivity index (χ2n) is 5.07. The Morgan fingerprint density at radius 1 is 1.18 bits per heavy atom. The average molecular weight is 299 g/mol. The van der Waals surface area contributed by atoms with Gasteiger partial charge in [-0.05, 0) is 49.7 Å². The van der Waals surface area contributed by atoms with Gasteiger partial charge in [0.2, 0.25) is 0 Å². The van der Waals surface area contributed by atoms with E-state index in [-0.39, 0.29) is 5.91 Å². The summed E-state index contributed by atoms with van der Waals surface area (Å²) in [7, 11) is 1.60. The van der Waals surface area contributed by atoms with Crippen LogP contribution in [0.25, 0.3) is 0 Å². The van der Waals surface area contributed by atoms with E-state index in [4.69, 9.17) is 4.74 Å². The number of benzene rings is 1.